The topological polar surface area (TPSA) is 66.8 Å². The van der Waals surface area contributed by atoms with Gasteiger partial charge in [-0.3, -0.25) is 4.79 Å². The Morgan fingerprint density at radius 1 is 1.38 bits per heavy atom. The van der Waals surface area contributed by atoms with Crippen LogP contribution < -0.4 is 0 Å². The Kier molecular flexibility index (Phi) is 3.65. The molecule has 0 spiro atoms. The number of likely N-dealkylation sites (tertiary alicyclic amines) is 1. The maximum Gasteiger partial charge on any atom is 0.326 e. The number of carboxylic acids is 1. The van der Waals surface area contributed by atoms with Gasteiger partial charge in [-0.2, -0.15) is 0 Å². The maximum absolute atomic E-state index is 12.6. The Hall–Kier alpha value is -1.92. The molecule has 1 aliphatic heterocycles. The molecule has 1 aliphatic rings. The molecule has 1 aromatic carbocycles. The van der Waals surface area contributed by atoms with Crippen LogP contribution in [0.5, 0.6) is 0 Å². The van der Waals surface area contributed by atoms with E-state index in [4.69, 9.17) is 4.74 Å². The van der Waals surface area contributed by atoms with Crippen molar-refractivity contribution in [2.24, 2.45) is 0 Å². The zero-order valence-electron chi connectivity index (χ0n) is 11.5. The first-order valence-corrected chi connectivity index (χ1v) is 7.52. The molecule has 2 atom stereocenters. The standard InChI is InChI=1S/C15H15NO4S/c1-20-11-7-12(15(18)19)16(8-11)14(17)10-2-3-13-9(6-10)4-5-21-13/h2-6,11-12H,7-8H2,1H3,(H,18,19). The number of amides is 1. The lowest BCUT2D eigenvalue weighted by Gasteiger charge is -2.21. The zero-order chi connectivity index (χ0) is 15.0. The van der Waals surface area contributed by atoms with E-state index in [1.807, 2.05) is 23.6 Å². The normalized spacial score (nSPS) is 21.9. The summed E-state index contributed by atoms with van der Waals surface area (Å²) in [6.07, 6.45) is 0.109. The van der Waals surface area contributed by atoms with E-state index in [1.165, 1.54) is 12.0 Å². The van der Waals surface area contributed by atoms with E-state index in [0.29, 0.717) is 18.5 Å². The molecule has 0 aliphatic carbocycles. The summed E-state index contributed by atoms with van der Waals surface area (Å²) in [4.78, 5) is 25.3. The van der Waals surface area contributed by atoms with Crippen molar-refractivity contribution in [2.45, 2.75) is 18.6 Å². The Morgan fingerprint density at radius 2 is 2.19 bits per heavy atom. The number of ether oxygens (including phenoxy) is 1. The third kappa shape index (κ3) is 2.52. The van der Waals surface area contributed by atoms with Gasteiger partial charge in [0.15, 0.2) is 0 Å². The summed E-state index contributed by atoms with van der Waals surface area (Å²) < 4.78 is 6.32. The molecule has 3 rings (SSSR count). The molecule has 5 nitrogen and oxygen atoms in total. The SMILES string of the molecule is COC1CC(C(=O)O)N(C(=O)c2ccc3sccc3c2)C1. The molecule has 2 heterocycles. The van der Waals surface area contributed by atoms with Gasteiger partial charge in [0.1, 0.15) is 6.04 Å². The summed E-state index contributed by atoms with van der Waals surface area (Å²) >= 11 is 1.61. The molecule has 6 heteroatoms. The van der Waals surface area contributed by atoms with Crippen molar-refractivity contribution in [2.75, 3.05) is 13.7 Å². The van der Waals surface area contributed by atoms with E-state index in [-0.39, 0.29) is 12.0 Å². The Morgan fingerprint density at radius 3 is 2.90 bits per heavy atom. The number of aliphatic carboxylic acids is 1. The predicted octanol–water partition coefficient (Wildman–Crippen LogP) is 2.22. The van der Waals surface area contributed by atoms with Gasteiger partial charge in [-0.1, -0.05) is 0 Å². The van der Waals surface area contributed by atoms with E-state index in [9.17, 15) is 14.7 Å². The van der Waals surface area contributed by atoms with Crippen LogP contribution in [-0.4, -0.2) is 47.7 Å². The summed E-state index contributed by atoms with van der Waals surface area (Å²) in [5.74, 6) is -1.24. The molecule has 21 heavy (non-hydrogen) atoms. The molecule has 1 aromatic heterocycles. The number of carbonyl (C=O) groups excluding carboxylic acids is 1. The lowest BCUT2D eigenvalue weighted by Crippen LogP contribution is -2.40. The fourth-order valence-electron chi connectivity index (χ4n) is 2.69. The zero-order valence-corrected chi connectivity index (χ0v) is 12.3. The molecule has 2 aromatic rings. The van der Waals surface area contributed by atoms with Gasteiger partial charge in [-0.15, -0.1) is 11.3 Å². The van der Waals surface area contributed by atoms with Crippen LogP contribution in [-0.2, 0) is 9.53 Å². The molecule has 0 radical (unpaired) electrons. The van der Waals surface area contributed by atoms with Gasteiger partial charge in [0.2, 0.25) is 0 Å². The molecule has 1 N–H and O–H groups in total. The van der Waals surface area contributed by atoms with Gasteiger partial charge in [-0.25, -0.2) is 4.79 Å². The number of hydrogen-bond donors (Lipinski definition) is 1. The number of carbonyl (C=O) groups is 2. The average molecular weight is 305 g/mol. The van der Waals surface area contributed by atoms with E-state index in [1.54, 1.807) is 17.4 Å². The van der Waals surface area contributed by atoms with Crippen LogP contribution in [0, 0.1) is 0 Å². The van der Waals surface area contributed by atoms with E-state index in [0.717, 1.165) is 10.1 Å². The minimum atomic E-state index is -0.987. The number of methoxy groups -OCH3 is 1. The fourth-order valence-corrected chi connectivity index (χ4v) is 3.46. The van der Waals surface area contributed by atoms with Crippen molar-refractivity contribution in [3.63, 3.8) is 0 Å². The van der Waals surface area contributed by atoms with Crippen molar-refractivity contribution >= 4 is 33.3 Å². The highest BCUT2D eigenvalue weighted by Crippen LogP contribution is 2.26. The number of hydrogen-bond acceptors (Lipinski definition) is 4. The molecule has 2 unspecified atom stereocenters. The summed E-state index contributed by atoms with van der Waals surface area (Å²) in [5.41, 5.74) is 0.518. The smallest absolute Gasteiger partial charge is 0.326 e. The number of benzene rings is 1. The molecular weight excluding hydrogens is 290 g/mol. The summed E-state index contributed by atoms with van der Waals surface area (Å²) in [5, 5.41) is 12.3. The van der Waals surface area contributed by atoms with Crippen LogP contribution in [0.2, 0.25) is 0 Å². The third-order valence-corrected chi connectivity index (χ3v) is 4.74. The molecule has 110 valence electrons. The predicted molar refractivity (Wildman–Crippen MR) is 79.7 cm³/mol. The second-order valence-corrected chi connectivity index (χ2v) is 6.03. The highest BCUT2D eigenvalue weighted by Gasteiger charge is 2.40. The first-order valence-electron chi connectivity index (χ1n) is 6.64. The van der Waals surface area contributed by atoms with E-state index < -0.39 is 12.0 Å². The monoisotopic (exact) mass is 305 g/mol. The summed E-state index contributed by atoms with van der Waals surface area (Å²) in [6, 6.07) is 6.59. The van der Waals surface area contributed by atoms with E-state index in [2.05, 4.69) is 0 Å². The number of rotatable bonds is 3. The first kappa shape index (κ1) is 14.0. The number of nitrogens with zero attached hydrogens (tertiary/aromatic N) is 1. The Balaban J connectivity index is 1.90. The van der Waals surface area contributed by atoms with Crippen molar-refractivity contribution in [3.05, 3.63) is 35.2 Å². The molecule has 1 saturated heterocycles. The van der Waals surface area contributed by atoms with Crippen LogP contribution >= 0.6 is 11.3 Å². The molecule has 1 amide bonds. The van der Waals surface area contributed by atoms with Crippen LogP contribution in [0.4, 0.5) is 0 Å². The Labute approximate surface area is 125 Å². The van der Waals surface area contributed by atoms with Crippen molar-refractivity contribution < 1.29 is 19.4 Å². The van der Waals surface area contributed by atoms with Crippen LogP contribution in [0.25, 0.3) is 10.1 Å². The lowest BCUT2D eigenvalue weighted by atomic mass is 10.1. The van der Waals surface area contributed by atoms with Gasteiger partial charge in [-0.05, 0) is 35.0 Å². The Bertz CT molecular complexity index is 696. The van der Waals surface area contributed by atoms with Crippen molar-refractivity contribution in [1.29, 1.82) is 0 Å². The van der Waals surface area contributed by atoms with Gasteiger partial charge < -0.3 is 14.7 Å². The largest absolute Gasteiger partial charge is 0.480 e. The van der Waals surface area contributed by atoms with Crippen LogP contribution in [0.1, 0.15) is 16.8 Å². The minimum Gasteiger partial charge on any atom is -0.480 e. The quantitative estimate of drug-likeness (QED) is 0.944. The fraction of sp³-hybridized carbons (Fsp3) is 0.333. The minimum absolute atomic E-state index is 0.222. The highest BCUT2D eigenvalue weighted by molar-refractivity contribution is 7.17. The van der Waals surface area contributed by atoms with Crippen LogP contribution in [0.3, 0.4) is 0 Å². The molecule has 1 fully saturated rings. The number of carboxylic acid groups (broad SMARTS) is 1. The number of fused-ring (bicyclic) bond motifs is 1. The van der Waals surface area contributed by atoms with Crippen LogP contribution in [0.15, 0.2) is 29.6 Å². The maximum atomic E-state index is 12.6. The second kappa shape index (κ2) is 5.46. The second-order valence-electron chi connectivity index (χ2n) is 5.08. The first-order chi connectivity index (χ1) is 10.1. The molecule has 0 saturated carbocycles. The van der Waals surface area contributed by atoms with Gasteiger partial charge in [0.25, 0.3) is 5.91 Å². The summed E-state index contributed by atoms with van der Waals surface area (Å²) in [7, 11) is 1.54. The number of thiophene rings is 1. The van der Waals surface area contributed by atoms with Crippen molar-refractivity contribution in [3.8, 4) is 0 Å². The lowest BCUT2D eigenvalue weighted by molar-refractivity contribution is -0.141. The van der Waals surface area contributed by atoms with E-state index >= 15 is 0 Å². The summed E-state index contributed by atoms with van der Waals surface area (Å²) in [6.45, 7) is 0.313. The third-order valence-electron chi connectivity index (χ3n) is 3.84. The average Bonchev–Trinajstić information content (AvgIpc) is 3.11. The molecular formula is C15H15NO4S. The highest BCUT2D eigenvalue weighted by atomic mass is 32.1. The van der Waals surface area contributed by atoms with Gasteiger partial charge >= 0.3 is 5.97 Å². The van der Waals surface area contributed by atoms with Gasteiger partial charge in [0, 0.05) is 30.3 Å². The molecule has 0 bridgehead atoms. The van der Waals surface area contributed by atoms with Crippen molar-refractivity contribution in [1.82, 2.24) is 4.90 Å². The van der Waals surface area contributed by atoms with Gasteiger partial charge in [0.05, 0.1) is 6.10 Å².